The first-order valence-corrected chi connectivity index (χ1v) is 8.28. The van der Waals surface area contributed by atoms with E-state index in [2.05, 4.69) is 15.6 Å². The second kappa shape index (κ2) is 7.99. The number of amides is 1. The van der Waals surface area contributed by atoms with Gasteiger partial charge in [0.15, 0.2) is 0 Å². The van der Waals surface area contributed by atoms with E-state index in [0.717, 1.165) is 17.8 Å². The quantitative estimate of drug-likeness (QED) is 0.556. The second-order valence-electron chi connectivity index (χ2n) is 5.95. The van der Waals surface area contributed by atoms with Gasteiger partial charge in [-0.1, -0.05) is 24.3 Å². The fraction of sp³-hybridized carbons (Fsp3) is 0.100. The number of hydrogen-bond donors (Lipinski definition) is 3. The third kappa shape index (κ3) is 4.79. The third-order valence-electron chi connectivity index (χ3n) is 3.92. The van der Waals surface area contributed by atoms with Crippen molar-refractivity contribution in [1.29, 1.82) is 0 Å². The molecule has 0 aliphatic heterocycles. The third-order valence-corrected chi connectivity index (χ3v) is 3.92. The van der Waals surface area contributed by atoms with E-state index >= 15 is 0 Å². The van der Waals surface area contributed by atoms with E-state index in [1.807, 2.05) is 0 Å². The predicted molar refractivity (Wildman–Crippen MR) is 99.1 cm³/mol. The highest BCUT2D eigenvalue weighted by Gasteiger charge is 2.32. The van der Waals surface area contributed by atoms with Crippen molar-refractivity contribution < 1.29 is 23.1 Å². The number of phenolic OH excluding ortho intramolecular Hbond substituents is 1. The van der Waals surface area contributed by atoms with Gasteiger partial charge < -0.3 is 15.7 Å². The molecule has 3 aromatic rings. The lowest BCUT2D eigenvalue weighted by molar-refractivity contribution is -0.141. The molecule has 0 radical (unpaired) electrons. The normalized spacial score (nSPS) is 11.1. The minimum atomic E-state index is -4.50. The van der Waals surface area contributed by atoms with Gasteiger partial charge in [-0.25, -0.2) is 0 Å². The summed E-state index contributed by atoms with van der Waals surface area (Å²) in [6.07, 6.45) is -3.41. The molecule has 8 heteroatoms. The maximum absolute atomic E-state index is 12.7. The summed E-state index contributed by atoms with van der Waals surface area (Å²) in [6, 6.07) is 15.3. The zero-order chi connectivity index (χ0) is 20.1. The number of phenols is 1. The molecule has 0 spiro atoms. The number of nitrogens with zero attached hydrogens (tertiary/aromatic N) is 1. The number of hydrogen-bond acceptors (Lipinski definition) is 4. The topological polar surface area (TPSA) is 74.2 Å². The molecule has 3 rings (SSSR count). The van der Waals surface area contributed by atoms with Gasteiger partial charge in [-0.15, -0.1) is 0 Å². The number of benzene rings is 2. The van der Waals surface area contributed by atoms with Crippen LogP contribution in [0, 0.1) is 0 Å². The van der Waals surface area contributed by atoms with E-state index in [1.54, 1.807) is 42.5 Å². The SMILES string of the molecule is O=C(Nc1ccccc1O)c1ccc(CNc2ccnc(C(F)(F)F)c2)cc1. The highest BCUT2D eigenvalue weighted by Crippen LogP contribution is 2.29. The molecule has 0 saturated heterocycles. The van der Waals surface area contributed by atoms with Crippen molar-refractivity contribution in [3.8, 4) is 5.75 Å². The Kier molecular flexibility index (Phi) is 5.49. The molecule has 0 saturated carbocycles. The molecule has 1 aromatic heterocycles. The van der Waals surface area contributed by atoms with E-state index in [0.29, 0.717) is 16.9 Å². The number of anilines is 2. The average Bonchev–Trinajstić information content (AvgIpc) is 2.68. The molecule has 144 valence electrons. The first-order valence-electron chi connectivity index (χ1n) is 8.28. The number of carbonyl (C=O) groups is 1. The van der Waals surface area contributed by atoms with Crippen LogP contribution in [0.4, 0.5) is 24.5 Å². The van der Waals surface area contributed by atoms with E-state index in [-0.39, 0.29) is 18.2 Å². The van der Waals surface area contributed by atoms with Gasteiger partial charge in [-0.2, -0.15) is 13.2 Å². The first-order chi connectivity index (χ1) is 13.3. The summed E-state index contributed by atoms with van der Waals surface area (Å²) in [6.45, 7) is 0.280. The Bertz CT molecular complexity index is 973. The molecule has 0 bridgehead atoms. The van der Waals surface area contributed by atoms with Crippen molar-refractivity contribution >= 4 is 17.3 Å². The first kappa shape index (κ1) is 19.2. The van der Waals surface area contributed by atoms with Crippen LogP contribution in [-0.2, 0) is 12.7 Å². The highest BCUT2D eigenvalue weighted by atomic mass is 19.4. The van der Waals surface area contributed by atoms with Crippen LogP contribution in [0.15, 0.2) is 66.9 Å². The standard InChI is InChI=1S/C20H16F3N3O2/c21-20(22,23)18-11-15(9-10-24-18)25-12-13-5-7-14(8-6-13)19(28)26-16-3-1-2-4-17(16)27/h1-11,27H,12H2,(H,24,25)(H,26,28). The Morgan fingerprint density at radius 3 is 2.43 bits per heavy atom. The number of carbonyl (C=O) groups excluding carboxylic acids is 1. The number of para-hydroxylation sites is 2. The molecule has 5 nitrogen and oxygen atoms in total. The van der Waals surface area contributed by atoms with E-state index in [1.165, 1.54) is 12.1 Å². The predicted octanol–water partition coefficient (Wildman–Crippen LogP) is 4.67. The number of rotatable bonds is 5. The fourth-order valence-electron chi connectivity index (χ4n) is 2.45. The van der Waals surface area contributed by atoms with Crippen LogP contribution in [0.5, 0.6) is 5.75 Å². The monoisotopic (exact) mass is 387 g/mol. The Hall–Kier alpha value is -3.55. The maximum atomic E-state index is 12.7. The molecular weight excluding hydrogens is 371 g/mol. The van der Waals surface area contributed by atoms with Crippen LogP contribution < -0.4 is 10.6 Å². The van der Waals surface area contributed by atoms with Crippen LogP contribution in [-0.4, -0.2) is 16.0 Å². The largest absolute Gasteiger partial charge is 0.506 e. The number of aromatic hydroxyl groups is 1. The molecule has 1 amide bonds. The number of nitrogens with one attached hydrogen (secondary N) is 2. The zero-order valence-electron chi connectivity index (χ0n) is 14.5. The average molecular weight is 387 g/mol. The Morgan fingerprint density at radius 2 is 1.75 bits per heavy atom. The highest BCUT2D eigenvalue weighted by molar-refractivity contribution is 6.04. The summed E-state index contributed by atoms with van der Waals surface area (Å²) < 4.78 is 38.1. The van der Waals surface area contributed by atoms with E-state index < -0.39 is 11.9 Å². The summed E-state index contributed by atoms with van der Waals surface area (Å²) in [7, 11) is 0. The van der Waals surface area contributed by atoms with Crippen molar-refractivity contribution in [1.82, 2.24) is 4.98 Å². The van der Waals surface area contributed by atoms with Crippen LogP contribution in [0.3, 0.4) is 0 Å². The molecule has 3 N–H and O–H groups in total. The number of halogens is 3. The lowest BCUT2D eigenvalue weighted by Gasteiger charge is -2.10. The summed E-state index contributed by atoms with van der Waals surface area (Å²) in [5.74, 6) is -0.419. The molecule has 0 aliphatic rings. The molecule has 2 aromatic carbocycles. The lowest BCUT2D eigenvalue weighted by Crippen LogP contribution is -2.12. The zero-order valence-corrected chi connectivity index (χ0v) is 14.5. The number of aromatic nitrogens is 1. The summed E-state index contributed by atoms with van der Waals surface area (Å²) in [4.78, 5) is 15.5. The number of alkyl halides is 3. The van der Waals surface area contributed by atoms with Crippen molar-refractivity contribution in [2.45, 2.75) is 12.7 Å². The molecule has 0 atom stereocenters. The minimum Gasteiger partial charge on any atom is -0.506 e. The molecule has 0 fully saturated rings. The van der Waals surface area contributed by atoms with Crippen LogP contribution >= 0.6 is 0 Å². The Labute approximate surface area is 158 Å². The lowest BCUT2D eigenvalue weighted by atomic mass is 10.1. The van der Waals surface area contributed by atoms with E-state index in [9.17, 15) is 23.1 Å². The van der Waals surface area contributed by atoms with Gasteiger partial charge in [0.25, 0.3) is 5.91 Å². The molecule has 0 unspecified atom stereocenters. The second-order valence-corrected chi connectivity index (χ2v) is 5.95. The maximum Gasteiger partial charge on any atom is 0.433 e. The van der Waals surface area contributed by atoms with E-state index in [4.69, 9.17) is 0 Å². The van der Waals surface area contributed by atoms with Gasteiger partial charge in [0.05, 0.1) is 5.69 Å². The summed E-state index contributed by atoms with van der Waals surface area (Å²) in [5, 5.41) is 15.2. The van der Waals surface area contributed by atoms with Gasteiger partial charge >= 0.3 is 6.18 Å². The van der Waals surface area contributed by atoms with Gasteiger partial charge in [0, 0.05) is 24.0 Å². The van der Waals surface area contributed by atoms with Gasteiger partial charge in [0.1, 0.15) is 11.4 Å². The van der Waals surface area contributed by atoms with Crippen molar-refractivity contribution in [3.05, 3.63) is 83.7 Å². The molecule has 28 heavy (non-hydrogen) atoms. The molecule has 1 heterocycles. The van der Waals surface area contributed by atoms with Crippen molar-refractivity contribution in [2.24, 2.45) is 0 Å². The number of pyridine rings is 1. The van der Waals surface area contributed by atoms with Gasteiger partial charge in [-0.05, 0) is 42.0 Å². The van der Waals surface area contributed by atoms with Gasteiger partial charge in [0.2, 0.25) is 0 Å². The van der Waals surface area contributed by atoms with Crippen molar-refractivity contribution in [3.63, 3.8) is 0 Å². The van der Waals surface area contributed by atoms with Gasteiger partial charge in [-0.3, -0.25) is 9.78 Å². The van der Waals surface area contributed by atoms with Crippen LogP contribution in [0.25, 0.3) is 0 Å². The minimum absolute atomic E-state index is 0.0350. The molecular formula is C20H16F3N3O2. The summed E-state index contributed by atoms with van der Waals surface area (Å²) >= 11 is 0. The van der Waals surface area contributed by atoms with Crippen LogP contribution in [0.2, 0.25) is 0 Å². The summed E-state index contributed by atoms with van der Waals surface area (Å²) in [5.41, 5.74) is 0.800. The fourth-order valence-corrected chi connectivity index (χ4v) is 2.45. The van der Waals surface area contributed by atoms with Crippen LogP contribution in [0.1, 0.15) is 21.6 Å². The Balaban J connectivity index is 1.62. The smallest absolute Gasteiger partial charge is 0.433 e. The Morgan fingerprint density at radius 1 is 1.04 bits per heavy atom. The van der Waals surface area contributed by atoms with Crippen molar-refractivity contribution in [2.75, 3.05) is 10.6 Å². The molecule has 0 aliphatic carbocycles.